The summed E-state index contributed by atoms with van der Waals surface area (Å²) in [6.07, 6.45) is 2.13. The summed E-state index contributed by atoms with van der Waals surface area (Å²) in [6, 6.07) is 14.5. The van der Waals surface area contributed by atoms with Crippen LogP contribution in [0.4, 0.5) is 5.69 Å². The monoisotopic (exact) mass is 423 g/mol. The summed E-state index contributed by atoms with van der Waals surface area (Å²) >= 11 is 0. The van der Waals surface area contributed by atoms with E-state index in [1.807, 2.05) is 36.5 Å². The van der Waals surface area contributed by atoms with Gasteiger partial charge in [0.05, 0.1) is 31.2 Å². The van der Waals surface area contributed by atoms with Gasteiger partial charge in [0.1, 0.15) is 13.1 Å². The van der Waals surface area contributed by atoms with Crippen LogP contribution < -0.4 is 10.2 Å². The fraction of sp³-hybridized carbons (Fsp3) is 0.348. The number of amides is 1. The molecule has 1 atom stereocenters. The van der Waals surface area contributed by atoms with Crippen LogP contribution in [0.1, 0.15) is 23.5 Å². The van der Waals surface area contributed by atoms with Crippen LogP contribution >= 0.6 is 0 Å². The summed E-state index contributed by atoms with van der Waals surface area (Å²) in [7, 11) is 0. The van der Waals surface area contributed by atoms with Crippen molar-refractivity contribution in [3.8, 4) is 0 Å². The number of fused-ring (bicyclic) bond motifs is 1. The number of hydrogen-bond donors (Lipinski definition) is 3. The Morgan fingerprint density at radius 2 is 2.00 bits per heavy atom. The number of nitro groups is 1. The first-order valence-corrected chi connectivity index (χ1v) is 10.6. The summed E-state index contributed by atoms with van der Waals surface area (Å²) < 4.78 is 5.37. The number of aromatic amines is 1. The number of aromatic nitrogens is 1. The van der Waals surface area contributed by atoms with Gasteiger partial charge in [0, 0.05) is 41.6 Å². The molecule has 1 aliphatic heterocycles. The van der Waals surface area contributed by atoms with E-state index in [4.69, 9.17) is 4.74 Å². The predicted molar refractivity (Wildman–Crippen MR) is 117 cm³/mol. The third-order valence-corrected chi connectivity index (χ3v) is 5.87. The molecule has 0 unspecified atom stereocenters. The van der Waals surface area contributed by atoms with E-state index < -0.39 is 4.92 Å². The van der Waals surface area contributed by atoms with E-state index in [0.29, 0.717) is 6.54 Å². The molecule has 0 aliphatic carbocycles. The van der Waals surface area contributed by atoms with Crippen molar-refractivity contribution in [3.63, 3.8) is 0 Å². The van der Waals surface area contributed by atoms with Gasteiger partial charge in [-0.1, -0.05) is 30.3 Å². The van der Waals surface area contributed by atoms with Gasteiger partial charge in [0.2, 0.25) is 5.91 Å². The van der Waals surface area contributed by atoms with Gasteiger partial charge in [-0.3, -0.25) is 14.9 Å². The van der Waals surface area contributed by atoms with Gasteiger partial charge in [-0.25, -0.2) is 0 Å². The van der Waals surface area contributed by atoms with Crippen molar-refractivity contribution in [3.05, 3.63) is 76.0 Å². The molecule has 1 fully saturated rings. The minimum atomic E-state index is -0.402. The lowest BCUT2D eigenvalue weighted by Crippen LogP contribution is -3.14. The van der Waals surface area contributed by atoms with Gasteiger partial charge >= 0.3 is 0 Å². The first kappa shape index (κ1) is 21.0. The largest absolute Gasteiger partial charge is 0.370 e. The fourth-order valence-electron chi connectivity index (χ4n) is 4.19. The Hall–Kier alpha value is -3.23. The maximum Gasteiger partial charge on any atom is 0.269 e. The highest BCUT2D eigenvalue weighted by atomic mass is 16.6. The number of nitrogens with zero attached hydrogens (tertiary/aromatic N) is 1. The molecule has 1 aliphatic rings. The van der Waals surface area contributed by atoms with Crippen LogP contribution in [0.5, 0.6) is 0 Å². The van der Waals surface area contributed by atoms with Crippen LogP contribution in [0.3, 0.4) is 0 Å². The Kier molecular flexibility index (Phi) is 6.59. The van der Waals surface area contributed by atoms with Gasteiger partial charge in [0.15, 0.2) is 0 Å². The molecule has 3 aromatic rings. The summed E-state index contributed by atoms with van der Waals surface area (Å²) in [6.45, 7) is 4.91. The van der Waals surface area contributed by atoms with Crippen LogP contribution in [-0.2, 0) is 9.53 Å². The highest BCUT2D eigenvalue weighted by Crippen LogP contribution is 2.34. The molecule has 0 saturated carbocycles. The lowest BCUT2D eigenvalue weighted by atomic mass is 9.87. The SMILES string of the molecule is O=C(C[C@@H](c1cccc([N+](=O)[O-])c1)c1c[nH]c2ccccc12)NCC[NH+]1CCOCC1. The lowest BCUT2D eigenvalue weighted by Gasteiger charge is -2.24. The first-order chi connectivity index (χ1) is 15.1. The van der Waals surface area contributed by atoms with E-state index in [0.717, 1.165) is 54.9 Å². The Labute approximate surface area is 180 Å². The molecule has 162 valence electrons. The quantitative estimate of drug-likeness (QED) is 0.379. The number of H-pyrrole nitrogens is 1. The number of nitrogens with one attached hydrogen (secondary N) is 3. The highest BCUT2D eigenvalue weighted by molar-refractivity contribution is 5.86. The maximum absolute atomic E-state index is 12.8. The van der Waals surface area contributed by atoms with Gasteiger partial charge < -0.3 is 19.9 Å². The number of morpholine rings is 1. The van der Waals surface area contributed by atoms with E-state index in [1.165, 1.54) is 11.0 Å². The molecule has 1 aromatic heterocycles. The smallest absolute Gasteiger partial charge is 0.269 e. The molecular formula is C23H27N4O4+. The lowest BCUT2D eigenvalue weighted by molar-refractivity contribution is -0.906. The number of carbonyl (C=O) groups is 1. The minimum Gasteiger partial charge on any atom is -0.370 e. The van der Waals surface area contributed by atoms with Crippen molar-refractivity contribution in [2.75, 3.05) is 39.4 Å². The topological polar surface area (TPSA) is 102 Å². The number of nitro benzene ring substituents is 1. The summed E-state index contributed by atoms with van der Waals surface area (Å²) in [4.78, 5) is 28.4. The van der Waals surface area contributed by atoms with Crippen molar-refractivity contribution in [2.45, 2.75) is 12.3 Å². The normalized spacial score (nSPS) is 15.6. The van der Waals surface area contributed by atoms with Crippen LogP contribution in [0.2, 0.25) is 0 Å². The molecule has 3 N–H and O–H groups in total. The fourth-order valence-corrected chi connectivity index (χ4v) is 4.19. The Morgan fingerprint density at radius 3 is 2.81 bits per heavy atom. The molecule has 1 saturated heterocycles. The molecule has 2 heterocycles. The minimum absolute atomic E-state index is 0.0265. The van der Waals surface area contributed by atoms with Gasteiger partial charge in [-0.05, 0) is 17.2 Å². The van der Waals surface area contributed by atoms with Gasteiger partial charge in [0.25, 0.3) is 5.69 Å². The van der Waals surface area contributed by atoms with E-state index in [1.54, 1.807) is 12.1 Å². The number of hydrogen-bond acceptors (Lipinski definition) is 4. The molecule has 0 radical (unpaired) electrons. The second-order valence-electron chi connectivity index (χ2n) is 7.86. The maximum atomic E-state index is 12.8. The second kappa shape index (κ2) is 9.72. The average molecular weight is 423 g/mol. The Morgan fingerprint density at radius 1 is 1.19 bits per heavy atom. The molecule has 8 nitrogen and oxygen atoms in total. The first-order valence-electron chi connectivity index (χ1n) is 10.6. The van der Waals surface area contributed by atoms with Crippen molar-refractivity contribution in [1.82, 2.24) is 10.3 Å². The molecular weight excluding hydrogens is 396 g/mol. The summed E-state index contributed by atoms with van der Waals surface area (Å²) in [5.41, 5.74) is 2.72. The van der Waals surface area contributed by atoms with Crippen LogP contribution in [-0.4, -0.2) is 55.2 Å². The number of benzene rings is 2. The molecule has 31 heavy (non-hydrogen) atoms. The summed E-state index contributed by atoms with van der Waals surface area (Å²) in [5.74, 6) is -0.346. The zero-order valence-corrected chi connectivity index (χ0v) is 17.3. The third-order valence-electron chi connectivity index (χ3n) is 5.87. The number of ether oxygens (including phenoxy) is 1. The molecule has 8 heteroatoms. The van der Waals surface area contributed by atoms with E-state index in [9.17, 15) is 14.9 Å². The molecule has 0 bridgehead atoms. The Bertz CT molecular complexity index is 1060. The zero-order chi connectivity index (χ0) is 21.6. The molecule has 2 aromatic carbocycles. The van der Waals surface area contributed by atoms with Crippen LogP contribution in [0.15, 0.2) is 54.7 Å². The number of carbonyl (C=O) groups excluding carboxylic acids is 1. The third kappa shape index (κ3) is 5.10. The Balaban J connectivity index is 1.53. The molecule has 0 spiro atoms. The summed E-state index contributed by atoms with van der Waals surface area (Å²) in [5, 5.41) is 15.3. The number of rotatable bonds is 8. The number of quaternary nitrogens is 1. The van der Waals surface area contributed by atoms with Crippen LogP contribution in [0, 0.1) is 10.1 Å². The molecule has 4 rings (SSSR count). The predicted octanol–water partition coefficient (Wildman–Crippen LogP) is 1.63. The van der Waals surface area contributed by atoms with Crippen molar-refractivity contribution in [2.24, 2.45) is 0 Å². The van der Waals surface area contributed by atoms with Crippen LogP contribution in [0.25, 0.3) is 10.9 Å². The highest BCUT2D eigenvalue weighted by Gasteiger charge is 2.23. The van der Waals surface area contributed by atoms with Crippen molar-refractivity contribution in [1.29, 1.82) is 0 Å². The van der Waals surface area contributed by atoms with E-state index in [-0.39, 0.29) is 23.9 Å². The second-order valence-corrected chi connectivity index (χ2v) is 7.86. The zero-order valence-electron chi connectivity index (χ0n) is 17.3. The van der Waals surface area contributed by atoms with Gasteiger partial charge in [-0.15, -0.1) is 0 Å². The van der Waals surface area contributed by atoms with E-state index >= 15 is 0 Å². The standard InChI is InChI=1S/C23H26N4O4/c28-23(24-8-9-26-10-12-31-13-11-26)15-20(17-4-3-5-18(14-17)27(29)30)21-16-25-22-7-2-1-6-19(21)22/h1-7,14,16,20,25H,8-13,15H2,(H,24,28)/p+1/t20-/m0/s1. The number of para-hydroxylation sites is 1. The number of non-ortho nitro benzene ring substituents is 1. The van der Waals surface area contributed by atoms with Crippen molar-refractivity contribution < 1.29 is 19.4 Å². The molecule has 1 amide bonds. The average Bonchev–Trinajstić information content (AvgIpc) is 3.22. The van der Waals surface area contributed by atoms with E-state index in [2.05, 4.69) is 10.3 Å². The van der Waals surface area contributed by atoms with Gasteiger partial charge in [-0.2, -0.15) is 0 Å². The van der Waals surface area contributed by atoms with Crippen molar-refractivity contribution >= 4 is 22.5 Å².